The van der Waals surface area contributed by atoms with Crippen molar-refractivity contribution in [2.75, 3.05) is 27.4 Å². The Morgan fingerprint density at radius 3 is 2.51 bits per heavy atom. The molecular formula is C25H28N2O8. The van der Waals surface area contributed by atoms with Gasteiger partial charge in [0.05, 0.1) is 36.9 Å². The summed E-state index contributed by atoms with van der Waals surface area (Å²) in [5.41, 5.74) is 0.0820. The first-order chi connectivity index (χ1) is 16.7. The van der Waals surface area contributed by atoms with Gasteiger partial charge in [0, 0.05) is 42.5 Å². The molecule has 1 atom stereocenters. The first-order valence-corrected chi connectivity index (χ1v) is 11.1. The summed E-state index contributed by atoms with van der Waals surface area (Å²) in [6.07, 6.45) is 0.466. The Morgan fingerprint density at radius 1 is 1.14 bits per heavy atom. The lowest BCUT2D eigenvalue weighted by Gasteiger charge is -2.27. The van der Waals surface area contributed by atoms with Gasteiger partial charge in [-0.1, -0.05) is 12.1 Å². The van der Waals surface area contributed by atoms with Gasteiger partial charge in [0.2, 0.25) is 0 Å². The largest absolute Gasteiger partial charge is 0.507 e. The molecule has 10 heteroatoms. The zero-order valence-electron chi connectivity index (χ0n) is 20.0. The number of benzene rings is 2. The van der Waals surface area contributed by atoms with Crippen molar-refractivity contribution in [1.82, 2.24) is 4.90 Å². The SMILES string of the molecule is COc1ccc([C@H]2C(=C(O)c3cccc([N+](=O)[O-])c3)C(=O)C(=O)N2CCCOC(C)C)c(OC)c1. The van der Waals surface area contributed by atoms with E-state index in [1.165, 1.54) is 37.3 Å². The Balaban J connectivity index is 2.15. The van der Waals surface area contributed by atoms with Crippen LogP contribution in [0.4, 0.5) is 5.69 Å². The lowest BCUT2D eigenvalue weighted by Crippen LogP contribution is -2.31. The lowest BCUT2D eigenvalue weighted by molar-refractivity contribution is -0.384. The van der Waals surface area contributed by atoms with Crippen molar-refractivity contribution in [3.8, 4) is 11.5 Å². The van der Waals surface area contributed by atoms with Crippen molar-refractivity contribution < 1.29 is 33.8 Å². The Hall–Kier alpha value is -3.92. The Labute approximate surface area is 202 Å². The number of nitro benzene ring substituents is 1. The Kier molecular flexibility index (Phi) is 8.08. The molecule has 1 saturated heterocycles. The van der Waals surface area contributed by atoms with Crippen molar-refractivity contribution in [3.63, 3.8) is 0 Å². The van der Waals surface area contributed by atoms with E-state index in [9.17, 15) is 24.8 Å². The van der Waals surface area contributed by atoms with E-state index in [0.29, 0.717) is 30.1 Å². The van der Waals surface area contributed by atoms with Gasteiger partial charge in [0.15, 0.2) is 0 Å². The van der Waals surface area contributed by atoms with Gasteiger partial charge in [-0.25, -0.2) is 0 Å². The Bertz CT molecular complexity index is 1160. The second kappa shape index (κ2) is 11.0. The number of amides is 1. The third kappa shape index (κ3) is 5.43. The number of methoxy groups -OCH3 is 2. The van der Waals surface area contributed by atoms with Crippen LogP contribution < -0.4 is 9.47 Å². The monoisotopic (exact) mass is 484 g/mol. The molecule has 1 N–H and O–H groups in total. The molecule has 1 heterocycles. The number of aliphatic hydroxyl groups is 1. The molecule has 0 bridgehead atoms. The molecule has 1 aliphatic heterocycles. The summed E-state index contributed by atoms with van der Waals surface area (Å²) >= 11 is 0. The number of likely N-dealkylation sites (tertiary alicyclic amines) is 1. The molecule has 10 nitrogen and oxygen atoms in total. The van der Waals surface area contributed by atoms with E-state index in [1.807, 2.05) is 13.8 Å². The number of rotatable bonds is 10. The van der Waals surface area contributed by atoms with Crippen molar-refractivity contribution in [1.29, 1.82) is 0 Å². The second-order valence-electron chi connectivity index (χ2n) is 8.18. The van der Waals surface area contributed by atoms with Gasteiger partial charge >= 0.3 is 0 Å². The average Bonchev–Trinajstić information content (AvgIpc) is 3.10. The second-order valence-corrected chi connectivity index (χ2v) is 8.18. The maximum absolute atomic E-state index is 13.2. The number of nitrogens with zero attached hydrogens (tertiary/aromatic N) is 2. The summed E-state index contributed by atoms with van der Waals surface area (Å²) in [6, 6.07) is 9.22. The zero-order chi connectivity index (χ0) is 25.7. The molecule has 186 valence electrons. The molecule has 0 aromatic heterocycles. The summed E-state index contributed by atoms with van der Waals surface area (Å²) in [4.78, 5) is 38.2. The number of Topliss-reactive ketones (excluding diaryl/α,β-unsaturated/α-hetero) is 1. The number of nitro groups is 1. The standard InChI is InChI=1S/C25H28N2O8/c1-15(2)35-12-6-11-26-22(19-10-9-18(33-3)14-20(19)34-4)21(24(29)25(26)30)23(28)16-7-5-8-17(13-16)27(31)32/h5,7-10,13-15,22,28H,6,11-12H2,1-4H3/t22-/m0/s1. The van der Waals surface area contributed by atoms with Gasteiger partial charge < -0.3 is 24.2 Å². The van der Waals surface area contributed by atoms with Crippen LogP contribution >= 0.6 is 0 Å². The third-order valence-corrected chi connectivity index (χ3v) is 5.60. The van der Waals surface area contributed by atoms with Gasteiger partial charge in [-0.15, -0.1) is 0 Å². The molecule has 0 aliphatic carbocycles. The molecule has 1 fully saturated rings. The van der Waals surface area contributed by atoms with E-state index >= 15 is 0 Å². The van der Waals surface area contributed by atoms with E-state index < -0.39 is 28.4 Å². The van der Waals surface area contributed by atoms with E-state index in [-0.39, 0.29) is 29.5 Å². The van der Waals surface area contributed by atoms with Gasteiger partial charge in [0.1, 0.15) is 17.3 Å². The van der Waals surface area contributed by atoms with E-state index in [4.69, 9.17) is 14.2 Å². The van der Waals surface area contributed by atoms with Crippen LogP contribution in [0.25, 0.3) is 5.76 Å². The van der Waals surface area contributed by atoms with Crippen LogP contribution in [0.1, 0.15) is 37.4 Å². The van der Waals surface area contributed by atoms with Crippen LogP contribution in [0.3, 0.4) is 0 Å². The minimum absolute atomic E-state index is 0.0109. The smallest absolute Gasteiger partial charge is 0.295 e. The minimum Gasteiger partial charge on any atom is -0.507 e. The molecule has 2 aromatic carbocycles. The quantitative estimate of drug-likeness (QED) is 0.134. The van der Waals surface area contributed by atoms with Crippen LogP contribution in [-0.2, 0) is 14.3 Å². The highest BCUT2D eigenvalue weighted by Crippen LogP contribution is 2.43. The maximum atomic E-state index is 13.2. The van der Waals surface area contributed by atoms with Crippen molar-refractivity contribution in [3.05, 3.63) is 69.3 Å². The summed E-state index contributed by atoms with van der Waals surface area (Å²) in [5.74, 6) is -1.32. The highest BCUT2D eigenvalue weighted by atomic mass is 16.6. The number of carbonyl (C=O) groups is 2. The van der Waals surface area contributed by atoms with Gasteiger partial charge in [-0.3, -0.25) is 19.7 Å². The summed E-state index contributed by atoms with van der Waals surface area (Å²) < 4.78 is 16.3. The zero-order valence-corrected chi connectivity index (χ0v) is 20.0. The number of carbonyl (C=O) groups excluding carboxylic acids is 2. The van der Waals surface area contributed by atoms with Crippen molar-refractivity contribution >= 4 is 23.1 Å². The highest BCUT2D eigenvalue weighted by molar-refractivity contribution is 6.46. The van der Waals surface area contributed by atoms with E-state index in [2.05, 4.69) is 0 Å². The predicted molar refractivity (Wildman–Crippen MR) is 127 cm³/mol. The number of non-ortho nitro benzene ring substituents is 1. The summed E-state index contributed by atoms with van der Waals surface area (Å²) in [5, 5.41) is 22.4. The fourth-order valence-electron chi connectivity index (χ4n) is 3.95. The number of aliphatic hydroxyl groups excluding tert-OH is 1. The molecule has 2 aromatic rings. The van der Waals surface area contributed by atoms with Crippen molar-refractivity contribution in [2.45, 2.75) is 32.4 Å². The molecule has 1 aliphatic rings. The van der Waals surface area contributed by atoms with E-state index in [0.717, 1.165) is 6.07 Å². The normalized spacial score (nSPS) is 17.2. The van der Waals surface area contributed by atoms with Gasteiger partial charge in [0.25, 0.3) is 17.4 Å². The number of hydrogen-bond donors (Lipinski definition) is 1. The topological polar surface area (TPSA) is 128 Å². The van der Waals surface area contributed by atoms with Gasteiger partial charge in [-0.2, -0.15) is 0 Å². The minimum atomic E-state index is -0.978. The van der Waals surface area contributed by atoms with Crippen LogP contribution in [0.15, 0.2) is 48.0 Å². The predicted octanol–water partition coefficient (Wildman–Crippen LogP) is 3.85. The fourth-order valence-corrected chi connectivity index (χ4v) is 3.95. The first kappa shape index (κ1) is 25.7. The van der Waals surface area contributed by atoms with Crippen LogP contribution in [0, 0.1) is 10.1 Å². The molecule has 1 amide bonds. The van der Waals surface area contributed by atoms with Crippen molar-refractivity contribution in [2.24, 2.45) is 0 Å². The van der Waals surface area contributed by atoms with Crippen LogP contribution in [-0.4, -0.2) is 60.1 Å². The molecule has 35 heavy (non-hydrogen) atoms. The Morgan fingerprint density at radius 2 is 1.89 bits per heavy atom. The molecule has 0 radical (unpaired) electrons. The summed E-state index contributed by atoms with van der Waals surface area (Å²) in [7, 11) is 2.94. The van der Waals surface area contributed by atoms with Crippen LogP contribution in [0.5, 0.6) is 11.5 Å². The fraction of sp³-hybridized carbons (Fsp3) is 0.360. The summed E-state index contributed by atoms with van der Waals surface area (Å²) in [6.45, 7) is 4.35. The number of ether oxygens (including phenoxy) is 3. The molecule has 0 saturated carbocycles. The molecular weight excluding hydrogens is 456 g/mol. The highest BCUT2D eigenvalue weighted by Gasteiger charge is 2.47. The lowest BCUT2D eigenvalue weighted by atomic mass is 9.94. The van der Waals surface area contributed by atoms with E-state index in [1.54, 1.807) is 18.2 Å². The van der Waals surface area contributed by atoms with Gasteiger partial charge in [-0.05, 0) is 32.4 Å². The molecule has 0 spiro atoms. The third-order valence-electron chi connectivity index (χ3n) is 5.60. The molecule has 0 unspecified atom stereocenters. The van der Waals surface area contributed by atoms with Crippen LogP contribution in [0.2, 0.25) is 0 Å². The average molecular weight is 485 g/mol. The first-order valence-electron chi connectivity index (χ1n) is 11.1. The number of ketones is 1. The molecule has 3 rings (SSSR count). The number of hydrogen-bond acceptors (Lipinski definition) is 8. The maximum Gasteiger partial charge on any atom is 0.295 e.